The number of ketones is 1. The Morgan fingerprint density at radius 1 is 1.15 bits per heavy atom. The Morgan fingerprint density at radius 2 is 1.85 bits per heavy atom. The Labute approximate surface area is 233 Å². The fourth-order valence-electron chi connectivity index (χ4n) is 5.98. The molecule has 7 nitrogen and oxygen atoms in total. The van der Waals surface area contributed by atoms with E-state index in [0.29, 0.717) is 18.8 Å². The lowest BCUT2D eigenvalue weighted by Crippen LogP contribution is -2.40. The number of halogens is 2. The average Bonchev–Trinajstić information content (AvgIpc) is 3.30. The first-order chi connectivity index (χ1) is 19.0. The van der Waals surface area contributed by atoms with Crippen LogP contribution in [0.3, 0.4) is 0 Å². The van der Waals surface area contributed by atoms with Gasteiger partial charge in [0.05, 0.1) is 34.7 Å². The van der Waals surface area contributed by atoms with Crippen LogP contribution >= 0.6 is 0 Å². The number of sulfone groups is 1. The van der Waals surface area contributed by atoms with Crippen molar-refractivity contribution in [1.29, 1.82) is 5.26 Å². The summed E-state index contributed by atoms with van der Waals surface area (Å²) < 4.78 is 54.8. The van der Waals surface area contributed by atoms with Gasteiger partial charge < -0.3 is 4.90 Å². The molecule has 2 aromatic heterocycles. The molecule has 0 spiro atoms. The molecule has 0 N–H and O–H groups in total. The number of nitrogens with zero attached hydrogens (tertiary/aromatic N) is 4. The largest absolute Gasteiger partial charge is 0.369 e. The van der Waals surface area contributed by atoms with Crippen LogP contribution in [-0.4, -0.2) is 54.3 Å². The van der Waals surface area contributed by atoms with Crippen LogP contribution in [0.25, 0.3) is 16.6 Å². The Morgan fingerprint density at radius 3 is 2.50 bits per heavy atom. The molecule has 1 saturated carbocycles. The van der Waals surface area contributed by atoms with Crippen molar-refractivity contribution < 1.29 is 22.0 Å². The minimum Gasteiger partial charge on any atom is -0.369 e. The molecule has 1 aromatic carbocycles. The first-order valence-electron chi connectivity index (χ1n) is 13.8. The van der Waals surface area contributed by atoms with Gasteiger partial charge >= 0.3 is 0 Å². The molecule has 1 aliphatic heterocycles. The quantitative estimate of drug-likeness (QED) is 0.373. The number of pyridine rings is 1. The summed E-state index contributed by atoms with van der Waals surface area (Å²) in [5, 5.41) is 14.4. The highest BCUT2D eigenvalue weighted by atomic mass is 32.2. The molecule has 212 valence electrons. The molecule has 3 heterocycles. The highest BCUT2D eigenvalue weighted by Crippen LogP contribution is 2.48. The van der Waals surface area contributed by atoms with Gasteiger partial charge in [0, 0.05) is 61.6 Å². The van der Waals surface area contributed by atoms with E-state index >= 15 is 0 Å². The second kappa shape index (κ2) is 10.9. The van der Waals surface area contributed by atoms with Crippen LogP contribution in [0.2, 0.25) is 0 Å². The lowest BCUT2D eigenvalue weighted by Gasteiger charge is -2.35. The van der Waals surface area contributed by atoms with Gasteiger partial charge in [-0.1, -0.05) is 32.0 Å². The summed E-state index contributed by atoms with van der Waals surface area (Å²) >= 11 is 0. The van der Waals surface area contributed by atoms with Crippen LogP contribution in [0.15, 0.2) is 48.7 Å². The highest BCUT2D eigenvalue weighted by molar-refractivity contribution is 7.91. The molecule has 0 unspecified atom stereocenters. The van der Waals surface area contributed by atoms with E-state index in [-0.39, 0.29) is 42.5 Å². The minimum absolute atomic E-state index is 0.0473. The number of aromatic nitrogens is 2. The standard InChI is InChI=1S/C30H34F2N4O3S/c1-20(2)22(19-33)17-27(37)25-18-30(31,32)11-10-24(25)29-28(26-5-3-4-12-36(26)34-29)21-6-8-23(9-7-21)35-13-15-40(38,39)16-14-35/h3-9,12,20,22,24-25H,10-11,13-18H2,1-2H3/t22-,24-,25-/m1/s1. The molecule has 40 heavy (non-hydrogen) atoms. The van der Waals surface area contributed by atoms with E-state index in [0.717, 1.165) is 22.3 Å². The maximum Gasteiger partial charge on any atom is 0.248 e. The summed E-state index contributed by atoms with van der Waals surface area (Å²) in [6.45, 7) is 4.59. The molecule has 3 aromatic rings. The second-order valence-electron chi connectivity index (χ2n) is 11.4. The maximum atomic E-state index is 14.7. The smallest absolute Gasteiger partial charge is 0.248 e. The van der Waals surface area contributed by atoms with E-state index in [4.69, 9.17) is 5.10 Å². The highest BCUT2D eigenvalue weighted by Gasteiger charge is 2.46. The normalized spacial score (nSPS) is 23.1. The van der Waals surface area contributed by atoms with Crippen molar-refractivity contribution in [3.63, 3.8) is 0 Å². The molecule has 1 aliphatic carbocycles. The topological polar surface area (TPSA) is 95.5 Å². The molecular formula is C30H34F2N4O3S. The molecule has 1 saturated heterocycles. The molecule has 5 rings (SSSR count). The zero-order valence-electron chi connectivity index (χ0n) is 22.8. The lowest BCUT2D eigenvalue weighted by molar-refractivity contribution is -0.132. The number of anilines is 1. The van der Waals surface area contributed by atoms with E-state index in [1.165, 1.54) is 0 Å². The number of fused-ring (bicyclic) bond motifs is 1. The summed E-state index contributed by atoms with van der Waals surface area (Å²) in [5.41, 5.74) is 4.01. The van der Waals surface area contributed by atoms with Crippen molar-refractivity contribution >= 4 is 26.8 Å². The molecule has 10 heteroatoms. The summed E-state index contributed by atoms with van der Waals surface area (Å²) in [6, 6.07) is 15.6. The Bertz CT molecular complexity index is 1530. The number of hydrogen-bond acceptors (Lipinski definition) is 6. The van der Waals surface area contributed by atoms with Crippen molar-refractivity contribution in [2.75, 3.05) is 29.5 Å². The summed E-state index contributed by atoms with van der Waals surface area (Å²) in [5.74, 6) is -5.02. The number of Topliss-reactive ketones (excluding diaryl/α,β-unsaturated/α-hetero) is 1. The van der Waals surface area contributed by atoms with Gasteiger partial charge in [-0.15, -0.1) is 0 Å². The van der Waals surface area contributed by atoms with Gasteiger partial charge in [0.25, 0.3) is 0 Å². The molecule has 0 bridgehead atoms. The Balaban J connectivity index is 1.52. The molecular weight excluding hydrogens is 534 g/mol. The van der Waals surface area contributed by atoms with Gasteiger partial charge in [-0.05, 0) is 42.2 Å². The van der Waals surface area contributed by atoms with Crippen molar-refractivity contribution in [3.05, 3.63) is 54.4 Å². The van der Waals surface area contributed by atoms with Gasteiger partial charge in [-0.2, -0.15) is 10.4 Å². The van der Waals surface area contributed by atoms with Crippen molar-refractivity contribution in [2.24, 2.45) is 17.8 Å². The number of benzene rings is 1. The van der Waals surface area contributed by atoms with Crippen LogP contribution in [0.1, 0.15) is 51.1 Å². The van der Waals surface area contributed by atoms with Crippen LogP contribution in [-0.2, 0) is 14.6 Å². The van der Waals surface area contributed by atoms with Gasteiger partial charge in [0.1, 0.15) is 5.78 Å². The molecule has 3 atom stereocenters. The first-order valence-corrected chi connectivity index (χ1v) is 15.6. The fraction of sp³-hybridized carbons (Fsp3) is 0.500. The maximum absolute atomic E-state index is 14.7. The third-order valence-electron chi connectivity index (χ3n) is 8.41. The zero-order valence-corrected chi connectivity index (χ0v) is 23.6. The number of nitriles is 1. The van der Waals surface area contributed by atoms with E-state index in [9.17, 15) is 27.3 Å². The second-order valence-corrected chi connectivity index (χ2v) is 13.7. The predicted octanol–water partition coefficient (Wildman–Crippen LogP) is 5.51. The number of alkyl halides is 2. The summed E-state index contributed by atoms with van der Waals surface area (Å²) in [7, 11) is -3.00. The van der Waals surface area contributed by atoms with E-state index in [2.05, 4.69) is 6.07 Å². The van der Waals surface area contributed by atoms with Crippen LogP contribution < -0.4 is 4.90 Å². The zero-order chi connectivity index (χ0) is 28.7. The lowest BCUT2D eigenvalue weighted by atomic mass is 9.71. The van der Waals surface area contributed by atoms with Crippen LogP contribution in [0.5, 0.6) is 0 Å². The number of hydrogen-bond donors (Lipinski definition) is 0. The average molecular weight is 569 g/mol. The Hall–Kier alpha value is -3.32. The molecule has 2 aliphatic rings. The third-order valence-corrected chi connectivity index (χ3v) is 10.0. The van der Waals surface area contributed by atoms with Gasteiger partial charge in [0.15, 0.2) is 9.84 Å². The monoisotopic (exact) mass is 568 g/mol. The van der Waals surface area contributed by atoms with E-state index in [1.807, 2.05) is 67.4 Å². The predicted molar refractivity (Wildman–Crippen MR) is 150 cm³/mol. The third kappa shape index (κ3) is 5.75. The van der Waals surface area contributed by atoms with Crippen molar-refractivity contribution in [1.82, 2.24) is 9.61 Å². The van der Waals surface area contributed by atoms with Crippen molar-refractivity contribution in [3.8, 4) is 17.2 Å². The molecule has 0 radical (unpaired) electrons. The van der Waals surface area contributed by atoms with E-state index in [1.54, 1.807) is 4.52 Å². The van der Waals surface area contributed by atoms with Gasteiger partial charge in [-0.3, -0.25) is 4.79 Å². The van der Waals surface area contributed by atoms with Crippen LogP contribution in [0, 0.1) is 29.1 Å². The van der Waals surface area contributed by atoms with Gasteiger partial charge in [0.2, 0.25) is 5.92 Å². The first kappa shape index (κ1) is 28.2. The molecule has 2 fully saturated rings. The number of rotatable bonds is 7. The Kier molecular flexibility index (Phi) is 7.71. The number of carbonyl (C=O) groups is 1. The van der Waals surface area contributed by atoms with Gasteiger partial charge in [-0.25, -0.2) is 21.7 Å². The van der Waals surface area contributed by atoms with Crippen molar-refractivity contribution in [2.45, 2.75) is 51.4 Å². The SMILES string of the molecule is CC(C)[C@@H](C#N)CC(=O)[C@@H]1CC(F)(F)CC[C@H]1c1nn2ccccc2c1-c1ccc(N2CCS(=O)(=O)CC2)cc1. The molecule has 0 amide bonds. The fourth-order valence-corrected chi connectivity index (χ4v) is 7.18. The summed E-state index contributed by atoms with van der Waals surface area (Å²) in [4.78, 5) is 15.5. The summed E-state index contributed by atoms with van der Waals surface area (Å²) in [6.07, 6.45) is 1.02. The van der Waals surface area contributed by atoms with Crippen LogP contribution in [0.4, 0.5) is 14.5 Å². The minimum atomic E-state index is -3.00. The number of carbonyl (C=O) groups excluding carboxylic acids is 1. The van der Waals surface area contributed by atoms with E-state index < -0.39 is 39.9 Å².